The highest BCUT2D eigenvalue weighted by Crippen LogP contribution is 2.18. The molecule has 0 aliphatic carbocycles. The molecule has 0 aromatic carbocycles. The number of nitrogens with zero attached hydrogens (tertiary/aromatic N) is 5. The van der Waals surface area contributed by atoms with Crippen molar-refractivity contribution in [3.63, 3.8) is 0 Å². The van der Waals surface area contributed by atoms with Crippen molar-refractivity contribution in [3.8, 4) is 0 Å². The van der Waals surface area contributed by atoms with Crippen molar-refractivity contribution < 1.29 is 0 Å². The molecule has 18 heavy (non-hydrogen) atoms. The summed E-state index contributed by atoms with van der Waals surface area (Å²) in [4.78, 5) is 13.0. The highest BCUT2D eigenvalue weighted by atomic mass is 15.2. The van der Waals surface area contributed by atoms with E-state index in [0.717, 1.165) is 31.0 Å². The molecule has 2 rings (SSSR count). The van der Waals surface area contributed by atoms with Crippen LogP contribution in [0, 0.1) is 0 Å². The molecule has 0 fully saturated rings. The predicted molar refractivity (Wildman–Crippen MR) is 73.8 cm³/mol. The Bertz CT molecular complexity index is 518. The van der Waals surface area contributed by atoms with Crippen LogP contribution in [0.2, 0.25) is 0 Å². The van der Waals surface area contributed by atoms with E-state index in [2.05, 4.69) is 33.9 Å². The first-order chi connectivity index (χ1) is 8.58. The highest BCUT2D eigenvalue weighted by Gasteiger charge is 2.10. The fourth-order valence-corrected chi connectivity index (χ4v) is 1.92. The molecule has 0 spiro atoms. The Morgan fingerprint density at radius 1 is 1.28 bits per heavy atom. The molecular weight excluding hydrogens is 228 g/mol. The van der Waals surface area contributed by atoms with Crippen LogP contribution < -0.4 is 10.6 Å². The van der Waals surface area contributed by atoms with Crippen LogP contribution in [0.5, 0.6) is 0 Å². The molecule has 98 valence electrons. The molecule has 2 heterocycles. The molecule has 6 heteroatoms. The quantitative estimate of drug-likeness (QED) is 0.844. The second-order valence-corrected chi connectivity index (χ2v) is 4.73. The summed E-state index contributed by atoms with van der Waals surface area (Å²) in [6, 6.07) is 0. The monoisotopic (exact) mass is 248 g/mol. The van der Waals surface area contributed by atoms with Gasteiger partial charge in [0.15, 0.2) is 11.5 Å². The van der Waals surface area contributed by atoms with Crippen LogP contribution in [-0.2, 0) is 0 Å². The zero-order valence-corrected chi connectivity index (χ0v) is 11.2. The first kappa shape index (κ1) is 12.6. The molecule has 0 saturated heterocycles. The van der Waals surface area contributed by atoms with Crippen LogP contribution >= 0.6 is 0 Å². The van der Waals surface area contributed by atoms with Crippen molar-refractivity contribution in [2.24, 2.45) is 0 Å². The average Bonchev–Trinajstić information content (AvgIpc) is 2.74. The van der Waals surface area contributed by atoms with E-state index >= 15 is 0 Å². The minimum absolute atomic E-state index is 0.509. The van der Waals surface area contributed by atoms with Gasteiger partial charge < -0.3 is 19.9 Å². The zero-order chi connectivity index (χ0) is 13.1. The van der Waals surface area contributed by atoms with Crippen LogP contribution in [0.25, 0.3) is 5.65 Å². The van der Waals surface area contributed by atoms with Crippen LogP contribution in [0.1, 0.15) is 6.42 Å². The van der Waals surface area contributed by atoms with Gasteiger partial charge in [0.2, 0.25) is 0 Å². The van der Waals surface area contributed by atoms with Gasteiger partial charge >= 0.3 is 0 Å². The van der Waals surface area contributed by atoms with Crippen molar-refractivity contribution >= 4 is 17.3 Å². The molecule has 2 aromatic heterocycles. The summed E-state index contributed by atoms with van der Waals surface area (Å²) < 4.78 is 1.90. The predicted octanol–water partition coefficient (Wildman–Crippen LogP) is 0.699. The largest absolute Gasteiger partial charge is 0.382 e. The molecule has 0 atom stereocenters. The molecule has 0 amide bonds. The lowest BCUT2D eigenvalue weighted by Gasteiger charge is -2.20. The van der Waals surface area contributed by atoms with E-state index in [4.69, 9.17) is 5.73 Å². The topological polar surface area (TPSA) is 62.7 Å². The van der Waals surface area contributed by atoms with Gasteiger partial charge in [-0.15, -0.1) is 0 Å². The maximum Gasteiger partial charge on any atom is 0.180 e. The molecule has 2 aromatic rings. The third kappa shape index (κ3) is 2.70. The fourth-order valence-electron chi connectivity index (χ4n) is 1.92. The van der Waals surface area contributed by atoms with Gasteiger partial charge in [-0.25, -0.2) is 9.97 Å². The molecule has 0 unspecified atom stereocenters. The number of imidazole rings is 1. The standard InChI is InChI=1S/C12H20N6/c1-16(2)6-4-7-17(3)12-11-14-5-8-18(11)9-10(13)15-12/h5,8-9H,4,6-7,13H2,1-3H3. The summed E-state index contributed by atoms with van der Waals surface area (Å²) in [5.74, 6) is 1.34. The Balaban J connectivity index is 2.16. The van der Waals surface area contributed by atoms with E-state index in [-0.39, 0.29) is 0 Å². The minimum Gasteiger partial charge on any atom is -0.382 e. The summed E-state index contributed by atoms with van der Waals surface area (Å²) >= 11 is 0. The molecule has 0 saturated carbocycles. The maximum absolute atomic E-state index is 5.80. The number of nitrogen functional groups attached to an aromatic ring is 1. The number of hydrogen-bond donors (Lipinski definition) is 1. The molecule has 0 bridgehead atoms. The number of nitrogens with two attached hydrogens (primary N) is 1. The maximum atomic E-state index is 5.80. The first-order valence-electron chi connectivity index (χ1n) is 6.03. The normalized spacial score (nSPS) is 11.3. The van der Waals surface area contributed by atoms with Gasteiger partial charge in [0.25, 0.3) is 0 Å². The van der Waals surface area contributed by atoms with Gasteiger partial charge in [-0.2, -0.15) is 0 Å². The Hall–Kier alpha value is -1.82. The van der Waals surface area contributed by atoms with Gasteiger partial charge in [0.05, 0.1) is 6.20 Å². The van der Waals surface area contributed by atoms with Gasteiger partial charge in [0, 0.05) is 26.0 Å². The number of anilines is 2. The van der Waals surface area contributed by atoms with Crippen molar-refractivity contribution in [2.75, 3.05) is 44.9 Å². The number of fused-ring (bicyclic) bond motifs is 1. The molecular formula is C12H20N6. The van der Waals surface area contributed by atoms with Crippen molar-refractivity contribution in [1.82, 2.24) is 19.3 Å². The molecule has 0 radical (unpaired) electrons. The van der Waals surface area contributed by atoms with E-state index in [1.807, 2.05) is 17.6 Å². The van der Waals surface area contributed by atoms with Gasteiger partial charge in [-0.3, -0.25) is 0 Å². The smallest absolute Gasteiger partial charge is 0.180 e. The summed E-state index contributed by atoms with van der Waals surface area (Å²) in [7, 11) is 6.17. The Morgan fingerprint density at radius 2 is 2.06 bits per heavy atom. The molecule has 0 aliphatic heterocycles. The third-order valence-corrected chi connectivity index (χ3v) is 2.84. The fraction of sp³-hybridized carbons (Fsp3) is 0.500. The second-order valence-electron chi connectivity index (χ2n) is 4.73. The Kier molecular flexibility index (Phi) is 3.66. The average molecular weight is 248 g/mol. The van der Waals surface area contributed by atoms with E-state index in [1.165, 1.54) is 0 Å². The van der Waals surface area contributed by atoms with Crippen molar-refractivity contribution in [1.29, 1.82) is 0 Å². The van der Waals surface area contributed by atoms with Crippen molar-refractivity contribution in [3.05, 3.63) is 18.6 Å². The van der Waals surface area contributed by atoms with Crippen LogP contribution in [0.4, 0.5) is 11.6 Å². The number of hydrogen-bond acceptors (Lipinski definition) is 5. The Morgan fingerprint density at radius 3 is 2.78 bits per heavy atom. The van der Waals surface area contributed by atoms with Crippen LogP contribution in [-0.4, -0.2) is 53.5 Å². The summed E-state index contributed by atoms with van der Waals surface area (Å²) in [5.41, 5.74) is 6.65. The van der Waals surface area contributed by atoms with Crippen molar-refractivity contribution in [2.45, 2.75) is 6.42 Å². The lowest BCUT2D eigenvalue weighted by molar-refractivity contribution is 0.401. The van der Waals surface area contributed by atoms with Crippen LogP contribution in [0.3, 0.4) is 0 Å². The summed E-state index contributed by atoms with van der Waals surface area (Å²) in [6.45, 7) is 1.98. The summed E-state index contributed by atoms with van der Waals surface area (Å²) in [6.07, 6.45) is 6.49. The SMILES string of the molecule is CN(C)CCCN(C)c1nc(N)cn2ccnc12. The second kappa shape index (κ2) is 5.22. The van der Waals surface area contributed by atoms with Crippen LogP contribution in [0.15, 0.2) is 18.6 Å². The zero-order valence-electron chi connectivity index (χ0n) is 11.2. The number of rotatable bonds is 5. The minimum atomic E-state index is 0.509. The lowest BCUT2D eigenvalue weighted by Crippen LogP contribution is -2.24. The molecule has 2 N–H and O–H groups in total. The first-order valence-corrected chi connectivity index (χ1v) is 6.03. The van der Waals surface area contributed by atoms with E-state index in [1.54, 1.807) is 12.4 Å². The highest BCUT2D eigenvalue weighted by molar-refractivity contribution is 5.65. The van der Waals surface area contributed by atoms with E-state index < -0.39 is 0 Å². The molecule has 0 aliphatic rings. The third-order valence-electron chi connectivity index (χ3n) is 2.84. The van der Waals surface area contributed by atoms with E-state index in [9.17, 15) is 0 Å². The van der Waals surface area contributed by atoms with Gasteiger partial charge in [-0.1, -0.05) is 0 Å². The van der Waals surface area contributed by atoms with Gasteiger partial charge in [-0.05, 0) is 27.1 Å². The Labute approximate surface area is 107 Å². The van der Waals surface area contributed by atoms with E-state index in [0.29, 0.717) is 5.82 Å². The van der Waals surface area contributed by atoms with Gasteiger partial charge in [0.1, 0.15) is 5.82 Å². The number of aromatic nitrogens is 3. The lowest BCUT2D eigenvalue weighted by atomic mass is 10.3. The summed E-state index contributed by atoms with van der Waals surface area (Å²) in [5, 5.41) is 0. The molecule has 6 nitrogen and oxygen atoms in total.